The van der Waals surface area contributed by atoms with Crippen LogP contribution in [0.5, 0.6) is 11.5 Å². The van der Waals surface area contributed by atoms with Gasteiger partial charge in [-0.15, -0.1) is 0 Å². The van der Waals surface area contributed by atoms with Crippen molar-refractivity contribution in [2.75, 3.05) is 7.11 Å². The third kappa shape index (κ3) is 2.64. The molecule has 1 N–H and O–H groups in total. The number of carboxylic acids is 1. The van der Waals surface area contributed by atoms with Gasteiger partial charge in [0.25, 0.3) is 0 Å². The van der Waals surface area contributed by atoms with E-state index in [9.17, 15) is 4.79 Å². The summed E-state index contributed by atoms with van der Waals surface area (Å²) in [5.41, 5.74) is 0.133. The standard InChI is InChI=1S/C14H16O4/c1-17-12-9-5-8-11(14(15)16)13(12)18-10-6-3-2-4-7-10/h3,5-6,8-10H,2,4,7H2,1H3,(H,15,16). The van der Waals surface area contributed by atoms with Crippen LogP contribution in [0, 0.1) is 0 Å². The van der Waals surface area contributed by atoms with Gasteiger partial charge in [0, 0.05) is 0 Å². The summed E-state index contributed by atoms with van der Waals surface area (Å²) >= 11 is 0. The Morgan fingerprint density at radius 1 is 1.44 bits per heavy atom. The minimum atomic E-state index is -1.01. The highest BCUT2D eigenvalue weighted by Crippen LogP contribution is 2.33. The predicted octanol–water partition coefficient (Wildman–Crippen LogP) is 2.88. The van der Waals surface area contributed by atoms with E-state index >= 15 is 0 Å². The predicted molar refractivity (Wildman–Crippen MR) is 67.4 cm³/mol. The second kappa shape index (κ2) is 5.58. The van der Waals surface area contributed by atoms with Gasteiger partial charge in [0.1, 0.15) is 11.7 Å². The highest BCUT2D eigenvalue weighted by molar-refractivity contribution is 5.92. The van der Waals surface area contributed by atoms with Crippen molar-refractivity contribution in [1.82, 2.24) is 0 Å². The molecule has 0 spiro atoms. The summed E-state index contributed by atoms with van der Waals surface area (Å²) in [7, 11) is 1.50. The van der Waals surface area contributed by atoms with Crippen LogP contribution in [0.25, 0.3) is 0 Å². The molecule has 4 heteroatoms. The van der Waals surface area contributed by atoms with Gasteiger partial charge in [-0.05, 0) is 37.5 Å². The monoisotopic (exact) mass is 248 g/mol. The van der Waals surface area contributed by atoms with Gasteiger partial charge < -0.3 is 14.6 Å². The zero-order chi connectivity index (χ0) is 13.0. The van der Waals surface area contributed by atoms with Gasteiger partial charge in [-0.1, -0.05) is 12.1 Å². The molecule has 1 atom stereocenters. The molecule has 2 rings (SSSR count). The summed E-state index contributed by atoms with van der Waals surface area (Å²) in [6.07, 6.45) is 6.96. The van der Waals surface area contributed by atoms with Crippen LogP contribution >= 0.6 is 0 Å². The molecule has 0 aliphatic heterocycles. The first-order chi connectivity index (χ1) is 8.72. The molecule has 0 radical (unpaired) electrons. The quantitative estimate of drug-likeness (QED) is 0.832. The molecule has 0 heterocycles. The van der Waals surface area contributed by atoms with E-state index in [1.165, 1.54) is 13.2 Å². The van der Waals surface area contributed by atoms with Crippen LogP contribution < -0.4 is 9.47 Å². The molecule has 4 nitrogen and oxygen atoms in total. The molecule has 0 saturated carbocycles. The first kappa shape index (κ1) is 12.5. The number of carboxylic acid groups (broad SMARTS) is 1. The molecule has 1 aromatic rings. The number of carbonyl (C=O) groups is 1. The van der Waals surface area contributed by atoms with E-state index in [0.29, 0.717) is 11.5 Å². The molecule has 96 valence electrons. The van der Waals surface area contributed by atoms with Crippen molar-refractivity contribution in [3.05, 3.63) is 35.9 Å². The zero-order valence-electron chi connectivity index (χ0n) is 10.3. The zero-order valence-corrected chi connectivity index (χ0v) is 10.3. The van der Waals surface area contributed by atoms with Gasteiger partial charge in [0.15, 0.2) is 11.5 Å². The smallest absolute Gasteiger partial charge is 0.339 e. The second-order valence-corrected chi connectivity index (χ2v) is 4.16. The number of hydrogen-bond acceptors (Lipinski definition) is 3. The van der Waals surface area contributed by atoms with E-state index in [0.717, 1.165) is 19.3 Å². The first-order valence-corrected chi connectivity index (χ1v) is 5.96. The number of aromatic carboxylic acids is 1. The molecule has 1 aliphatic rings. The third-order valence-electron chi connectivity index (χ3n) is 2.91. The minimum Gasteiger partial charge on any atom is -0.493 e. The molecular weight excluding hydrogens is 232 g/mol. The lowest BCUT2D eigenvalue weighted by molar-refractivity contribution is 0.0689. The van der Waals surface area contributed by atoms with Crippen LogP contribution in [0.2, 0.25) is 0 Å². The largest absolute Gasteiger partial charge is 0.493 e. The van der Waals surface area contributed by atoms with E-state index < -0.39 is 5.97 Å². The van der Waals surface area contributed by atoms with Crippen LogP contribution in [-0.4, -0.2) is 24.3 Å². The minimum absolute atomic E-state index is 0.0758. The van der Waals surface area contributed by atoms with Crippen LogP contribution in [0.15, 0.2) is 30.4 Å². The molecule has 1 aliphatic carbocycles. The number of allylic oxidation sites excluding steroid dienone is 1. The highest BCUT2D eigenvalue weighted by atomic mass is 16.5. The van der Waals surface area contributed by atoms with Gasteiger partial charge in [-0.2, -0.15) is 0 Å². The SMILES string of the molecule is COc1cccc(C(=O)O)c1OC1C=CCCC1. The number of rotatable bonds is 4. The molecule has 0 aromatic heterocycles. The van der Waals surface area contributed by atoms with Crippen LogP contribution in [0.3, 0.4) is 0 Å². The van der Waals surface area contributed by atoms with Crippen LogP contribution in [0.4, 0.5) is 0 Å². The van der Waals surface area contributed by atoms with Crippen LogP contribution in [-0.2, 0) is 0 Å². The number of hydrogen-bond donors (Lipinski definition) is 1. The average molecular weight is 248 g/mol. The molecule has 0 fully saturated rings. The second-order valence-electron chi connectivity index (χ2n) is 4.16. The maximum absolute atomic E-state index is 11.2. The summed E-state index contributed by atoms with van der Waals surface area (Å²) in [5, 5.41) is 9.16. The Kier molecular flexibility index (Phi) is 3.87. The Labute approximate surface area is 106 Å². The van der Waals surface area contributed by atoms with Gasteiger partial charge in [0.05, 0.1) is 7.11 Å². The van der Waals surface area contributed by atoms with E-state index in [-0.39, 0.29) is 11.7 Å². The van der Waals surface area contributed by atoms with Gasteiger partial charge in [-0.3, -0.25) is 0 Å². The Morgan fingerprint density at radius 3 is 2.89 bits per heavy atom. The van der Waals surface area contributed by atoms with E-state index in [1.54, 1.807) is 12.1 Å². The van der Waals surface area contributed by atoms with Crippen molar-refractivity contribution in [1.29, 1.82) is 0 Å². The van der Waals surface area contributed by atoms with Gasteiger partial charge >= 0.3 is 5.97 Å². The molecule has 1 aromatic carbocycles. The van der Waals surface area contributed by atoms with Crippen molar-refractivity contribution in [3.63, 3.8) is 0 Å². The Hall–Kier alpha value is -1.97. The number of benzene rings is 1. The highest BCUT2D eigenvalue weighted by Gasteiger charge is 2.19. The van der Waals surface area contributed by atoms with Crippen molar-refractivity contribution in [2.45, 2.75) is 25.4 Å². The lowest BCUT2D eigenvalue weighted by Crippen LogP contribution is -2.18. The summed E-state index contributed by atoms with van der Waals surface area (Å²) in [6.45, 7) is 0. The van der Waals surface area contributed by atoms with Crippen molar-refractivity contribution in [2.24, 2.45) is 0 Å². The molecule has 18 heavy (non-hydrogen) atoms. The fourth-order valence-corrected chi connectivity index (χ4v) is 2.00. The molecule has 0 bridgehead atoms. The molecule has 0 amide bonds. The molecule has 0 saturated heterocycles. The fraction of sp³-hybridized carbons (Fsp3) is 0.357. The lowest BCUT2D eigenvalue weighted by Gasteiger charge is -2.21. The molecular formula is C14H16O4. The first-order valence-electron chi connectivity index (χ1n) is 5.96. The van der Waals surface area contributed by atoms with Crippen molar-refractivity contribution < 1.29 is 19.4 Å². The van der Waals surface area contributed by atoms with Crippen molar-refractivity contribution in [3.8, 4) is 11.5 Å². The van der Waals surface area contributed by atoms with Crippen molar-refractivity contribution >= 4 is 5.97 Å². The van der Waals surface area contributed by atoms with E-state index in [1.807, 2.05) is 6.08 Å². The average Bonchev–Trinajstić information content (AvgIpc) is 2.40. The fourth-order valence-electron chi connectivity index (χ4n) is 2.00. The lowest BCUT2D eigenvalue weighted by atomic mass is 10.1. The Balaban J connectivity index is 2.31. The van der Waals surface area contributed by atoms with Crippen LogP contribution in [0.1, 0.15) is 29.6 Å². The normalized spacial score (nSPS) is 18.4. The summed E-state index contributed by atoms with van der Waals surface area (Å²) in [5.74, 6) is -0.249. The maximum Gasteiger partial charge on any atom is 0.339 e. The third-order valence-corrected chi connectivity index (χ3v) is 2.91. The summed E-state index contributed by atoms with van der Waals surface area (Å²) in [6, 6.07) is 4.87. The van der Waals surface area contributed by atoms with E-state index in [2.05, 4.69) is 6.08 Å². The van der Waals surface area contributed by atoms with Gasteiger partial charge in [0.2, 0.25) is 0 Å². The maximum atomic E-state index is 11.2. The van der Waals surface area contributed by atoms with Gasteiger partial charge in [-0.25, -0.2) is 4.79 Å². The summed E-state index contributed by atoms with van der Waals surface area (Å²) in [4.78, 5) is 11.2. The number of methoxy groups -OCH3 is 1. The summed E-state index contributed by atoms with van der Waals surface area (Å²) < 4.78 is 10.9. The van der Waals surface area contributed by atoms with E-state index in [4.69, 9.17) is 14.6 Å². The Morgan fingerprint density at radius 2 is 2.28 bits per heavy atom. The number of para-hydroxylation sites is 1. The molecule has 1 unspecified atom stereocenters. The Bertz CT molecular complexity index is 465. The number of ether oxygens (including phenoxy) is 2. The topological polar surface area (TPSA) is 55.8 Å².